The molecule has 158 valence electrons. The van der Waals surface area contributed by atoms with E-state index in [0.29, 0.717) is 34.8 Å². The zero-order valence-electron chi connectivity index (χ0n) is 17.6. The van der Waals surface area contributed by atoms with E-state index >= 15 is 0 Å². The zero-order chi connectivity index (χ0) is 21.8. The van der Waals surface area contributed by atoms with Gasteiger partial charge in [0.1, 0.15) is 5.75 Å². The van der Waals surface area contributed by atoms with Gasteiger partial charge in [-0.3, -0.25) is 14.4 Å². The number of ether oxygens (including phenoxy) is 1. The normalized spacial score (nSPS) is 12.6. The fourth-order valence-electron chi connectivity index (χ4n) is 2.97. The summed E-state index contributed by atoms with van der Waals surface area (Å²) >= 11 is 0. The summed E-state index contributed by atoms with van der Waals surface area (Å²) in [4.78, 5) is 40.5. The van der Waals surface area contributed by atoms with Crippen molar-refractivity contribution in [3.8, 4) is 5.75 Å². The molecule has 0 bridgehead atoms. The number of hydrogen-bond acceptors (Lipinski definition) is 5. The van der Waals surface area contributed by atoms with E-state index in [0.717, 1.165) is 12.1 Å². The number of rotatable bonds is 6. The molecule has 0 saturated heterocycles. The first-order valence-electron chi connectivity index (χ1n) is 9.63. The van der Waals surface area contributed by atoms with Crippen LogP contribution in [0.5, 0.6) is 5.75 Å². The van der Waals surface area contributed by atoms with Crippen molar-refractivity contribution in [2.24, 2.45) is 0 Å². The van der Waals surface area contributed by atoms with Gasteiger partial charge in [-0.2, -0.15) is 0 Å². The molecule has 0 unspecified atom stereocenters. The lowest BCUT2D eigenvalue weighted by Gasteiger charge is -2.20. The number of benzene rings is 2. The van der Waals surface area contributed by atoms with Crippen molar-refractivity contribution in [2.45, 2.75) is 6.92 Å². The van der Waals surface area contributed by atoms with Gasteiger partial charge in [-0.1, -0.05) is 6.07 Å². The molecule has 8 heteroatoms. The van der Waals surface area contributed by atoms with Crippen LogP contribution in [0.2, 0.25) is 0 Å². The SMILES string of the molecule is Cc1ccc(C(=O)N(C)CCN(C)C)cc1NC(=O)c1ccc2c(c1)OCC(=O)N2. The lowest BCUT2D eigenvalue weighted by Crippen LogP contribution is -2.33. The largest absolute Gasteiger partial charge is 0.482 e. The van der Waals surface area contributed by atoms with Crippen molar-refractivity contribution in [3.05, 3.63) is 53.1 Å². The number of nitrogens with one attached hydrogen (secondary N) is 2. The number of anilines is 2. The monoisotopic (exact) mass is 410 g/mol. The minimum Gasteiger partial charge on any atom is -0.482 e. The van der Waals surface area contributed by atoms with Crippen LogP contribution in [0.15, 0.2) is 36.4 Å². The molecular weight excluding hydrogens is 384 g/mol. The van der Waals surface area contributed by atoms with E-state index in [1.165, 1.54) is 0 Å². The second kappa shape index (κ2) is 8.96. The van der Waals surface area contributed by atoms with Crippen LogP contribution in [-0.4, -0.2) is 68.4 Å². The molecule has 0 aromatic heterocycles. The van der Waals surface area contributed by atoms with Crippen molar-refractivity contribution >= 4 is 29.1 Å². The maximum atomic E-state index is 12.8. The minimum atomic E-state index is -0.327. The molecule has 1 aliphatic heterocycles. The Bertz CT molecular complexity index is 987. The van der Waals surface area contributed by atoms with Crippen LogP contribution >= 0.6 is 0 Å². The van der Waals surface area contributed by atoms with Crippen molar-refractivity contribution in [1.29, 1.82) is 0 Å². The first-order valence-corrected chi connectivity index (χ1v) is 9.63. The molecule has 0 atom stereocenters. The number of hydrogen-bond donors (Lipinski definition) is 2. The van der Waals surface area contributed by atoms with E-state index in [9.17, 15) is 14.4 Å². The summed E-state index contributed by atoms with van der Waals surface area (Å²) in [6.45, 7) is 3.15. The molecule has 2 N–H and O–H groups in total. The van der Waals surface area contributed by atoms with Gasteiger partial charge in [0.2, 0.25) is 0 Å². The molecule has 1 heterocycles. The summed E-state index contributed by atoms with van der Waals surface area (Å²) < 4.78 is 5.37. The highest BCUT2D eigenvalue weighted by Gasteiger charge is 2.19. The van der Waals surface area contributed by atoms with Crippen LogP contribution < -0.4 is 15.4 Å². The van der Waals surface area contributed by atoms with E-state index in [4.69, 9.17) is 4.74 Å². The molecule has 0 radical (unpaired) electrons. The van der Waals surface area contributed by atoms with Crippen LogP contribution in [0.3, 0.4) is 0 Å². The zero-order valence-corrected chi connectivity index (χ0v) is 17.6. The third-order valence-corrected chi connectivity index (χ3v) is 4.84. The number of carbonyl (C=O) groups excluding carboxylic acids is 3. The molecule has 0 aliphatic carbocycles. The maximum Gasteiger partial charge on any atom is 0.262 e. The van der Waals surface area contributed by atoms with Crippen LogP contribution in [0.25, 0.3) is 0 Å². The first kappa shape index (κ1) is 21.3. The van der Waals surface area contributed by atoms with Gasteiger partial charge in [-0.25, -0.2) is 0 Å². The first-order chi connectivity index (χ1) is 14.2. The van der Waals surface area contributed by atoms with Crippen LogP contribution in [0.1, 0.15) is 26.3 Å². The second-order valence-corrected chi connectivity index (χ2v) is 7.56. The molecule has 2 aromatic rings. The lowest BCUT2D eigenvalue weighted by molar-refractivity contribution is -0.118. The van der Waals surface area contributed by atoms with Crippen LogP contribution in [0, 0.1) is 6.92 Å². The Balaban J connectivity index is 1.75. The maximum absolute atomic E-state index is 12.8. The Morgan fingerprint density at radius 2 is 1.80 bits per heavy atom. The van der Waals surface area contributed by atoms with Crippen molar-refractivity contribution in [2.75, 3.05) is 51.5 Å². The highest BCUT2D eigenvalue weighted by Crippen LogP contribution is 2.29. The Hall–Kier alpha value is -3.39. The van der Waals surface area contributed by atoms with Gasteiger partial charge < -0.3 is 25.2 Å². The number of amides is 3. The Labute approximate surface area is 175 Å². The molecule has 0 spiro atoms. The average Bonchev–Trinajstić information content (AvgIpc) is 2.72. The van der Waals surface area contributed by atoms with E-state index < -0.39 is 0 Å². The molecule has 30 heavy (non-hydrogen) atoms. The van der Waals surface area contributed by atoms with Gasteiger partial charge in [0, 0.05) is 37.0 Å². The number of nitrogens with zero attached hydrogens (tertiary/aromatic N) is 2. The predicted octanol–water partition coefficient (Wildman–Crippen LogP) is 2.21. The van der Waals surface area contributed by atoms with Gasteiger partial charge in [0.25, 0.3) is 17.7 Å². The standard InChI is InChI=1S/C22H26N4O4/c1-14-5-6-16(22(29)26(4)10-9-25(2)3)11-18(14)24-21(28)15-7-8-17-19(12-15)30-13-20(27)23-17/h5-8,11-12H,9-10,13H2,1-4H3,(H,23,27)(H,24,28). The Kier molecular flexibility index (Phi) is 6.37. The van der Waals surface area contributed by atoms with E-state index in [2.05, 4.69) is 10.6 Å². The summed E-state index contributed by atoms with van der Waals surface area (Å²) in [5.74, 6) is -0.213. The highest BCUT2D eigenvalue weighted by molar-refractivity contribution is 6.06. The minimum absolute atomic E-state index is 0.0807. The molecule has 0 fully saturated rings. The van der Waals surface area contributed by atoms with Gasteiger partial charge in [0.15, 0.2) is 6.61 Å². The molecule has 2 aromatic carbocycles. The molecule has 8 nitrogen and oxygen atoms in total. The molecule has 3 amide bonds. The van der Waals surface area contributed by atoms with Gasteiger partial charge in [-0.05, 0) is 56.9 Å². The summed E-state index contributed by atoms with van der Waals surface area (Å²) in [6, 6.07) is 10.1. The fourth-order valence-corrected chi connectivity index (χ4v) is 2.97. The Morgan fingerprint density at radius 3 is 2.53 bits per heavy atom. The topological polar surface area (TPSA) is 91.0 Å². The van der Waals surface area contributed by atoms with Crippen LogP contribution in [0.4, 0.5) is 11.4 Å². The van der Waals surface area contributed by atoms with Crippen molar-refractivity contribution in [3.63, 3.8) is 0 Å². The summed E-state index contributed by atoms with van der Waals surface area (Å²) in [5.41, 5.74) is 2.85. The molecule has 1 aliphatic rings. The number of carbonyl (C=O) groups is 3. The quantitative estimate of drug-likeness (QED) is 0.762. The number of likely N-dealkylation sites (N-methyl/N-ethyl adjacent to an activating group) is 2. The van der Waals surface area contributed by atoms with E-state index in [-0.39, 0.29) is 24.3 Å². The highest BCUT2D eigenvalue weighted by atomic mass is 16.5. The average molecular weight is 410 g/mol. The summed E-state index contributed by atoms with van der Waals surface area (Å²) in [5, 5.41) is 5.56. The van der Waals surface area contributed by atoms with Crippen molar-refractivity contribution in [1.82, 2.24) is 9.80 Å². The van der Waals surface area contributed by atoms with Crippen molar-refractivity contribution < 1.29 is 19.1 Å². The van der Waals surface area contributed by atoms with Crippen LogP contribution in [-0.2, 0) is 4.79 Å². The molecule has 3 rings (SSSR count). The van der Waals surface area contributed by atoms with E-state index in [1.54, 1.807) is 42.3 Å². The third-order valence-electron chi connectivity index (χ3n) is 4.84. The van der Waals surface area contributed by atoms with Gasteiger partial charge in [0.05, 0.1) is 5.69 Å². The fraction of sp³-hybridized carbons (Fsp3) is 0.318. The number of aryl methyl sites for hydroxylation is 1. The van der Waals surface area contributed by atoms with Gasteiger partial charge >= 0.3 is 0 Å². The summed E-state index contributed by atoms with van der Waals surface area (Å²) in [6.07, 6.45) is 0. The van der Waals surface area contributed by atoms with Gasteiger partial charge in [-0.15, -0.1) is 0 Å². The Morgan fingerprint density at radius 1 is 1.07 bits per heavy atom. The third kappa shape index (κ3) is 4.96. The van der Waals surface area contributed by atoms with E-state index in [1.807, 2.05) is 32.0 Å². The lowest BCUT2D eigenvalue weighted by atomic mass is 10.1. The second-order valence-electron chi connectivity index (χ2n) is 7.56. The molecule has 0 saturated carbocycles. The molecular formula is C22H26N4O4. The smallest absolute Gasteiger partial charge is 0.262 e. The summed E-state index contributed by atoms with van der Waals surface area (Å²) in [7, 11) is 5.67. The number of fused-ring (bicyclic) bond motifs is 1. The predicted molar refractivity (Wildman–Crippen MR) is 115 cm³/mol.